The minimum Gasteiger partial charge on any atom is -0.446 e. The van der Waals surface area contributed by atoms with Crippen molar-refractivity contribution in [3.8, 4) is 28.4 Å². The second kappa shape index (κ2) is 12.3. The molecule has 7 nitrogen and oxygen atoms in total. The number of benzene rings is 4. The smallest absolute Gasteiger partial charge is 0.323 e. The van der Waals surface area contributed by atoms with Crippen molar-refractivity contribution in [2.24, 2.45) is 5.10 Å². The fraction of sp³-hybridized carbons (Fsp3) is 0.0333. The van der Waals surface area contributed by atoms with Gasteiger partial charge < -0.3 is 9.47 Å². The van der Waals surface area contributed by atoms with E-state index >= 15 is 0 Å². The van der Waals surface area contributed by atoms with Crippen molar-refractivity contribution >= 4 is 35.3 Å². The van der Waals surface area contributed by atoms with E-state index in [0.29, 0.717) is 32.8 Å². The van der Waals surface area contributed by atoms with Gasteiger partial charge in [0.15, 0.2) is 0 Å². The maximum absolute atomic E-state index is 13.1. The second-order valence-corrected chi connectivity index (χ2v) is 9.16. The van der Waals surface area contributed by atoms with Crippen molar-refractivity contribution in [1.29, 1.82) is 0 Å². The summed E-state index contributed by atoms with van der Waals surface area (Å²) in [4.78, 5) is 13.1. The summed E-state index contributed by atoms with van der Waals surface area (Å²) in [6.07, 6.45) is 2.04. The quantitative estimate of drug-likeness (QED) is 0.123. The minimum atomic E-state index is -1.34. The molecule has 0 spiro atoms. The number of carbonyl (C=O) groups excluding carboxylic acids is 1. The zero-order valence-electron chi connectivity index (χ0n) is 20.4. The molecule has 1 amide bonds. The van der Waals surface area contributed by atoms with Gasteiger partial charge in [0.1, 0.15) is 17.2 Å². The molecule has 0 saturated heterocycles. The van der Waals surface area contributed by atoms with Crippen LogP contribution < -0.4 is 14.9 Å². The fourth-order valence-electron chi connectivity index (χ4n) is 3.64. The maximum atomic E-state index is 13.1. The molecule has 0 bridgehead atoms. The van der Waals surface area contributed by atoms with Gasteiger partial charge in [-0.25, -0.2) is 10.1 Å². The molecule has 39 heavy (non-hydrogen) atoms. The Morgan fingerprint density at radius 3 is 1.90 bits per heavy atom. The van der Waals surface area contributed by atoms with E-state index in [2.05, 4.69) is 10.5 Å². The lowest BCUT2D eigenvalue weighted by molar-refractivity contribution is -0.140. The Kier molecular flexibility index (Phi) is 8.21. The van der Waals surface area contributed by atoms with Gasteiger partial charge in [-0.15, -0.1) is 0 Å². The Labute approximate surface area is 235 Å². The molecule has 0 aliphatic heterocycles. The molecule has 0 unspecified atom stereocenters. The molecule has 0 atom stereocenters. The topological polar surface area (TPSA) is 77.7 Å². The van der Waals surface area contributed by atoms with Gasteiger partial charge in [0.25, 0.3) is 0 Å². The van der Waals surface area contributed by atoms with Crippen LogP contribution in [0.2, 0.25) is 10.0 Å². The number of aromatic nitrogens is 2. The van der Waals surface area contributed by atoms with Gasteiger partial charge in [0, 0.05) is 27.4 Å². The maximum Gasteiger partial charge on any atom is 0.323 e. The highest BCUT2D eigenvalue weighted by Crippen LogP contribution is 2.23. The highest BCUT2D eigenvalue weighted by atomic mass is 35.5. The van der Waals surface area contributed by atoms with Crippen molar-refractivity contribution in [1.82, 2.24) is 15.2 Å². The van der Waals surface area contributed by atoms with Gasteiger partial charge in [-0.2, -0.15) is 10.2 Å². The lowest BCUT2D eigenvalue weighted by atomic mass is 10.1. The van der Waals surface area contributed by atoms with E-state index in [9.17, 15) is 4.79 Å². The summed E-state index contributed by atoms with van der Waals surface area (Å²) >= 11 is 12.0. The number of carbonyl (C=O) groups is 1. The Morgan fingerprint density at radius 2 is 1.33 bits per heavy atom. The van der Waals surface area contributed by atoms with E-state index in [1.165, 1.54) is 6.21 Å². The molecular weight excluding hydrogens is 535 g/mol. The monoisotopic (exact) mass is 556 g/mol. The largest absolute Gasteiger partial charge is 0.446 e. The van der Waals surface area contributed by atoms with E-state index in [1.54, 1.807) is 53.2 Å². The average molecular weight is 557 g/mol. The van der Waals surface area contributed by atoms with E-state index < -0.39 is 12.2 Å². The molecule has 0 saturated carbocycles. The summed E-state index contributed by atoms with van der Waals surface area (Å²) in [5, 5.41) is 10.0. The number of ether oxygens (including phenoxy) is 2. The van der Waals surface area contributed by atoms with Gasteiger partial charge in [-0.05, 0) is 60.7 Å². The van der Waals surface area contributed by atoms with Gasteiger partial charge in [-0.3, -0.25) is 4.79 Å². The molecule has 0 aliphatic rings. The molecule has 0 fully saturated rings. The van der Waals surface area contributed by atoms with Crippen LogP contribution in [0.4, 0.5) is 0 Å². The van der Waals surface area contributed by atoms with Crippen molar-refractivity contribution in [2.75, 3.05) is 0 Å². The SMILES string of the molecule is O=C(N/N=C\c1cn(-c2ccccc2)nc1-c1ccccc1)C(Oc1ccc(Cl)cc1)Oc1ccc(Cl)cc1. The van der Waals surface area contributed by atoms with Crippen LogP contribution in [0.1, 0.15) is 5.56 Å². The van der Waals surface area contributed by atoms with Crippen LogP contribution >= 0.6 is 23.2 Å². The number of amides is 1. The molecule has 0 radical (unpaired) electrons. The number of hydrazone groups is 1. The van der Waals surface area contributed by atoms with Crippen LogP contribution in [0, 0.1) is 0 Å². The Morgan fingerprint density at radius 1 is 0.795 bits per heavy atom. The average Bonchev–Trinajstić information content (AvgIpc) is 3.40. The highest BCUT2D eigenvalue weighted by Gasteiger charge is 2.23. The first-order valence-corrected chi connectivity index (χ1v) is 12.7. The second-order valence-electron chi connectivity index (χ2n) is 8.29. The van der Waals surface area contributed by atoms with Gasteiger partial charge in [0.05, 0.1) is 11.9 Å². The van der Waals surface area contributed by atoms with Gasteiger partial charge in [0.2, 0.25) is 0 Å². The van der Waals surface area contributed by atoms with Crippen molar-refractivity contribution in [2.45, 2.75) is 6.29 Å². The van der Waals surface area contributed by atoms with Crippen LogP contribution in [0.15, 0.2) is 120 Å². The molecule has 5 rings (SSSR count). The molecule has 4 aromatic carbocycles. The minimum absolute atomic E-state index is 0.396. The molecule has 9 heteroatoms. The van der Waals surface area contributed by atoms with Crippen molar-refractivity contribution in [3.63, 3.8) is 0 Å². The standard InChI is InChI=1S/C30H22Cl2N4O3/c31-23-11-15-26(16-12-23)38-30(39-27-17-13-24(32)14-18-27)29(37)34-33-19-22-20-36(25-9-5-2-6-10-25)35-28(22)21-7-3-1-4-8-21/h1-20,30H,(H,34,37)/b33-19-. The number of hydrogen-bond donors (Lipinski definition) is 1. The number of rotatable bonds is 9. The van der Waals surface area contributed by atoms with E-state index in [0.717, 1.165) is 11.3 Å². The summed E-state index contributed by atoms with van der Waals surface area (Å²) in [6, 6.07) is 32.6. The summed E-state index contributed by atoms with van der Waals surface area (Å²) in [5.41, 5.74) is 5.74. The van der Waals surface area contributed by atoms with Crippen LogP contribution in [-0.2, 0) is 4.79 Å². The number of nitrogens with zero attached hydrogens (tertiary/aromatic N) is 3. The molecule has 194 valence electrons. The first kappa shape index (κ1) is 26.0. The van der Waals surface area contributed by atoms with E-state index in [4.69, 9.17) is 37.8 Å². The third-order valence-electron chi connectivity index (χ3n) is 5.52. The number of halogens is 2. The van der Waals surface area contributed by atoms with Gasteiger partial charge in [-0.1, -0.05) is 71.7 Å². The zero-order chi connectivity index (χ0) is 27.0. The summed E-state index contributed by atoms with van der Waals surface area (Å²) in [6.45, 7) is 0. The summed E-state index contributed by atoms with van der Waals surface area (Å²) < 4.78 is 13.4. The van der Waals surface area contributed by atoms with Crippen LogP contribution in [0.25, 0.3) is 16.9 Å². The molecule has 0 aliphatic carbocycles. The fourth-order valence-corrected chi connectivity index (χ4v) is 3.89. The van der Waals surface area contributed by atoms with Crippen molar-refractivity contribution in [3.05, 3.63) is 131 Å². The Bertz CT molecular complexity index is 1510. The van der Waals surface area contributed by atoms with E-state index in [1.807, 2.05) is 66.9 Å². The number of para-hydroxylation sites is 1. The molecule has 1 heterocycles. The third kappa shape index (κ3) is 6.84. The third-order valence-corrected chi connectivity index (χ3v) is 6.02. The zero-order valence-corrected chi connectivity index (χ0v) is 22.0. The Balaban J connectivity index is 1.38. The first-order chi connectivity index (χ1) is 19.0. The van der Waals surface area contributed by atoms with Gasteiger partial charge >= 0.3 is 12.2 Å². The van der Waals surface area contributed by atoms with E-state index in [-0.39, 0.29) is 0 Å². The number of hydrogen-bond acceptors (Lipinski definition) is 5. The predicted octanol–water partition coefficient (Wildman–Crippen LogP) is 6.78. The summed E-state index contributed by atoms with van der Waals surface area (Å²) in [7, 11) is 0. The lowest BCUT2D eigenvalue weighted by Gasteiger charge is -2.19. The van der Waals surface area contributed by atoms with Crippen molar-refractivity contribution < 1.29 is 14.3 Å². The molecular formula is C30H22Cl2N4O3. The molecule has 1 aromatic heterocycles. The predicted molar refractivity (Wildman–Crippen MR) is 153 cm³/mol. The van der Waals surface area contributed by atoms with Crippen LogP contribution in [-0.4, -0.2) is 28.2 Å². The molecule has 1 N–H and O–H groups in total. The normalized spacial score (nSPS) is 11.1. The lowest BCUT2D eigenvalue weighted by Crippen LogP contribution is -2.40. The highest BCUT2D eigenvalue weighted by molar-refractivity contribution is 6.30. The molecule has 5 aromatic rings. The summed E-state index contributed by atoms with van der Waals surface area (Å²) in [5.74, 6) is 0.175. The Hall–Kier alpha value is -4.59. The first-order valence-electron chi connectivity index (χ1n) is 11.9. The number of nitrogens with one attached hydrogen (secondary N) is 1. The van der Waals surface area contributed by atoms with Crippen LogP contribution in [0.5, 0.6) is 11.5 Å². The van der Waals surface area contributed by atoms with Crippen LogP contribution in [0.3, 0.4) is 0 Å².